The highest BCUT2D eigenvalue weighted by Gasteiger charge is 2.01. The number of anilines is 1. The fourth-order valence-electron chi connectivity index (χ4n) is 1.69. The van der Waals surface area contributed by atoms with Gasteiger partial charge in [-0.25, -0.2) is 4.79 Å². The highest BCUT2D eigenvalue weighted by atomic mass is 16.2. The molecule has 0 saturated heterocycles. The zero-order chi connectivity index (χ0) is 13.0. The number of para-hydroxylation sites is 1. The van der Waals surface area contributed by atoms with E-state index < -0.39 is 0 Å². The van der Waals surface area contributed by atoms with Crippen LogP contribution in [-0.4, -0.2) is 15.7 Å². The second-order valence-electron chi connectivity index (χ2n) is 3.99. The van der Waals surface area contributed by atoms with Gasteiger partial charge in [0.1, 0.15) is 0 Å². The van der Waals surface area contributed by atoms with Crippen LogP contribution in [0.4, 0.5) is 5.69 Å². The Hall–Kier alpha value is -2.30. The molecular weight excluding hydrogens is 230 g/mol. The molecule has 1 aromatic carbocycles. The zero-order valence-electron chi connectivity index (χ0n) is 10.2. The van der Waals surface area contributed by atoms with Crippen LogP contribution in [0.1, 0.15) is 0 Å². The fraction of sp³-hybridized carbons (Fsp3) is 0.231. The minimum atomic E-state index is -0.294. The van der Waals surface area contributed by atoms with Crippen molar-refractivity contribution in [3.63, 3.8) is 0 Å². The Bertz CT molecular complexity index is 629. The van der Waals surface area contributed by atoms with Crippen molar-refractivity contribution >= 4 is 5.69 Å². The predicted octanol–water partition coefficient (Wildman–Crippen LogP) is 0.659. The lowest BCUT2D eigenvalue weighted by molar-refractivity contribution is 0.607. The zero-order valence-corrected chi connectivity index (χ0v) is 10.2. The number of nitrogens with one attached hydrogen (secondary N) is 1. The summed E-state index contributed by atoms with van der Waals surface area (Å²) in [7, 11) is 1.63. The van der Waals surface area contributed by atoms with Gasteiger partial charge in [-0.1, -0.05) is 18.2 Å². The Kier molecular flexibility index (Phi) is 3.62. The standard InChI is InChI=1S/C13H15N3O2/c1-15-9-7-12(17)16(13(15)18)10-8-14-11-5-3-2-4-6-11/h2-7,9,14H,8,10H2,1H3. The molecule has 5 heteroatoms. The number of hydrogen-bond donors (Lipinski definition) is 1. The van der Waals surface area contributed by atoms with Gasteiger partial charge in [-0.15, -0.1) is 0 Å². The summed E-state index contributed by atoms with van der Waals surface area (Å²) in [6, 6.07) is 11.1. The molecule has 0 atom stereocenters. The third-order valence-corrected chi connectivity index (χ3v) is 2.68. The first kappa shape index (κ1) is 12.2. The molecular formula is C13H15N3O2. The Morgan fingerprint density at radius 2 is 1.83 bits per heavy atom. The van der Waals surface area contributed by atoms with Crippen LogP contribution in [0.25, 0.3) is 0 Å². The summed E-state index contributed by atoms with van der Waals surface area (Å²) < 4.78 is 2.61. The van der Waals surface area contributed by atoms with E-state index >= 15 is 0 Å². The van der Waals surface area contributed by atoms with Crippen LogP contribution < -0.4 is 16.6 Å². The van der Waals surface area contributed by atoms with Crippen molar-refractivity contribution in [3.05, 3.63) is 63.4 Å². The van der Waals surface area contributed by atoms with E-state index in [1.54, 1.807) is 7.05 Å². The Labute approximate surface area is 104 Å². The molecule has 0 aliphatic heterocycles. The summed E-state index contributed by atoms with van der Waals surface area (Å²) in [5.74, 6) is 0. The number of aryl methyl sites for hydroxylation is 1. The number of benzene rings is 1. The SMILES string of the molecule is Cn1ccc(=O)n(CCNc2ccccc2)c1=O. The van der Waals surface area contributed by atoms with E-state index in [4.69, 9.17) is 0 Å². The van der Waals surface area contributed by atoms with Crippen molar-refractivity contribution < 1.29 is 0 Å². The van der Waals surface area contributed by atoms with Crippen LogP contribution in [0.5, 0.6) is 0 Å². The van der Waals surface area contributed by atoms with Gasteiger partial charge in [0.25, 0.3) is 5.56 Å². The van der Waals surface area contributed by atoms with Gasteiger partial charge in [-0.05, 0) is 12.1 Å². The van der Waals surface area contributed by atoms with Gasteiger partial charge >= 0.3 is 5.69 Å². The Morgan fingerprint density at radius 1 is 1.11 bits per heavy atom. The first-order chi connectivity index (χ1) is 8.68. The van der Waals surface area contributed by atoms with Crippen LogP contribution in [0.15, 0.2) is 52.2 Å². The molecule has 1 N–H and O–H groups in total. The van der Waals surface area contributed by atoms with E-state index in [1.165, 1.54) is 21.4 Å². The molecule has 0 amide bonds. The number of hydrogen-bond acceptors (Lipinski definition) is 3. The van der Waals surface area contributed by atoms with Gasteiger partial charge in [0, 0.05) is 38.1 Å². The second kappa shape index (κ2) is 5.35. The number of aromatic nitrogens is 2. The van der Waals surface area contributed by atoms with Crippen molar-refractivity contribution in [3.8, 4) is 0 Å². The molecule has 0 aliphatic carbocycles. The molecule has 0 saturated carbocycles. The maximum absolute atomic E-state index is 11.7. The predicted molar refractivity (Wildman–Crippen MR) is 70.9 cm³/mol. The van der Waals surface area contributed by atoms with Gasteiger partial charge in [-0.3, -0.25) is 9.36 Å². The summed E-state index contributed by atoms with van der Waals surface area (Å²) in [6.45, 7) is 0.879. The van der Waals surface area contributed by atoms with E-state index in [0.717, 1.165) is 5.69 Å². The lowest BCUT2D eigenvalue weighted by atomic mass is 10.3. The molecule has 0 spiro atoms. The lowest BCUT2D eigenvalue weighted by Crippen LogP contribution is -2.39. The summed E-state index contributed by atoms with van der Waals surface area (Å²) in [4.78, 5) is 23.3. The van der Waals surface area contributed by atoms with Crippen molar-refractivity contribution in [2.75, 3.05) is 11.9 Å². The average Bonchev–Trinajstić information content (AvgIpc) is 2.39. The molecule has 2 aromatic rings. The maximum atomic E-state index is 11.7. The van der Waals surface area contributed by atoms with Crippen molar-refractivity contribution in [2.24, 2.45) is 7.05 Å². The molecule has 0 radical (unpaired) electrons. The topological polar surface area (TPSA) is 56.0 Å². The molecule has 0 bridgehead atoms. The number of nitrogens with zero attached hydrogens (tertiary/aromatic N) is 2. The van der Waals surface area contributed by atoms with Crippen LogP contribution in [0.2, 0.25) is 0 Å². The van der Waals surface area contributed by atoms with Crippen LogP contribution in [0, 0.1) is 0 Å². The lowest BCUT2D eigenvalue weighted by Gasteiger charge is -2.08. The fourth-order valence-corrected chi connectivity index (χ4v) is 1.69. The normalized spacial score (nSPS) is 10.3. The van der Waals surface area contributed by atoms with Crippen molar-refractivity contribution in [1.82, 2.24) is 9.13 Å². The highest BCUT2D eigenvalue weighted by molar-refractivity contribution is 5.42. The van der Waals surface area contributed by atoms with Gasteiger partial charge < -0.3 is 9.88 Å². The quantitative estimate of drug-likeness (QED) is 0.861. The Balaban J connectivity index is 2.06. The van der Waals surface area contributed by atoms with Gasteiger partial charge in [0.2, 0.25) is 0 Å². The molecule has 0 unspecified atom stereocenters. The average molecular weight is 245 g/mol. The monoisotopic (exact) mass is 245 g/mol. The minimum Gasteiger partial charge on any atom is -0.383 e. The molecule has 0 aliphatic rings. The van der Waals surface area contributed by atoms with Crippen LogP contribution >= 0.6 is 0 Å². The van der Waals surface area contributed by atoms with Gasteiger partial charge in [0.15, 0.2) is 0 Å². The largest absolute Gasteiger partial charge is 0.383 e. The first-order valence-corrected chi connectivity index (χ1v) is 5.74. The van der Waals surface area contributed by atoms with Gasteiger partial charge in [0.05, 0.1) is 0 Å². The summed E-state index contributed by atoms with van der Waals surface area (Å²) in [6.07, 6.45) is 1.48. The van der Waals surface area contributed by atoms with E-state index in [0.29, 0.717) is 13.1 Å². The number of rotatable bonds is 4. The summed E-state index contributed by atoms with van der Waals surface area (Å²) >= 11 is 0. The third kappa shape index (κ3) is 2.68. The maximum Gasteiger partial charge on any atom is 0.330 e. The molecule has 18 heavy (non-hydrogen) atoms. The first-order valence-electron chi connectivity index (χ1n) is 5.74. The van der Waals surface area contributed by atoms with Crippen LogP contribution in [-0.2, 0) is 13.6 Å². The summed E-state index contributed by atoms with van der Waals surface area (Å²) in [5, 5.41) is 3.16. The van der Waals surface area contributed by atoms with E-state index in [-0.39, 0.29) is 11.2 Å². The Morgan fingerprint density at radius 3 is 2.56 bits per heavy atom. The smallest absolute Gasteiger partial charge is 0.330 e. The molecule has 0 fully saturated rings. The second-order valence-corrected chi connectivity index (χ2v) is 3.99. The third-order valence-electron chi connectivity index (χ3n) is 2.68. The highest BCUT2D eigenvalue weighted by Crippen LogP contribution is 2.03. The summed E-state index contributed by atoms with van der Waals surface area (Å²) in [5.41, 5.74) is 0.406. The van der Waals surface area contributed by atoms with E-state index in [9.17, 15) is 9.59 Å². The molecule has 1 aromatic heterocycles. The molecule has 5 nitrogen and oxygen atoms in total. The minimum absolute atomic E-state index is 0.270. The van der Waals surface area contributed by atoms with E-state index in [1.807, 2.05) is 30.3 Å². The molecule has 94 valence electrons. The van der Waals surface area contributed by atoms with Crippen molar-refractivity contribution in [2.45, 2.75) is 6.54 Å². The van der Waals surface area contributed by atoms with Crippen molar-refractivity contribution in [1.29, 1.82) is 0 Å². The molecule has 1 heterocycles. The van der Waals surface area contributed by atoms with Gasteiger partial charge in [-0.2, -0.15) is 0 Å². The van der Waals surface area contributed by atoms with E-state index in [2.05, 4.69) is 5.32 Å². The van der Waals surface area contributed by atoms with Crippen LogP contribution in [0.3, 0.4) is 0 Å². The molecule has 2 rings (SSSR count).